The van der Waals surface area contributed by atoms with Crippen molar-refractivity contribution in [3.05, 3.63) is 65.5 Å². The van der Waals surface area contributed by atoms with Gasteiger partial charge in [-0.15, -0.1) is 0 Å². The number of ether oxygens (including phenoxy) is 2. The first kappa shape index (κ1) is 16.5. The topological polar surface area (TPSA) is 30.5 Å². The molecule has 0 heterocycles. The molecule has 2 aromatic rings. The molecular weight excluding hydrogens is 281 g/mol. The molecule has 0 aliphatic carbocycles. The fraction of sp³-hybridized carbons (Fsp3) is 0.333. The number of rotatable bonds is 9. The summed E-state index contributed by atoms with van der Waals surface area (Å²) in [5.74, 6) is 0.640. The highest BCUT2D eigenvalue weighted by Gasteiger charge is 1.98. The van der Waals surface area contributed by atoms with Gasteiger partial charge in [0.05, 0.1) is 6.61 Å². The van der Waals surface area contributed by atoms with Crippen molar-refractivity contribution in [2.24, 2.45) is 0 Å². The van der Waals surface area contributed by atoms with Gasteiger partial charge in [-0.05, 0) is 42.3 Å². The molecule has 0 amide bonds. The van der Waals surface area contributed by atoms with E-state index >= 15 is 0 Å². The fourth-order valence-electron chi connectivity index (χ4n) is 2.06. The van der Waals surface area contributed by atoms with Crippen LogP contribution in [0.3, 0.4) is 0 Å². The summed E-state index contributed by atoms with van der Waals surface area (Å²) in [6.45, 7) is 5.27. The molecule has 0 bridgehead atoms. The minimum atomic E-state index is -0.208. The van der Waals surface area contributed by atoms with Crippen molar-refractivity contribution in [2.75, 3.05) is 19.8 Å². The third-order valence-electron chi connectivity index (χ3n) is 3.17. The Hall–Kier alpha value is -1.91. The van der Waals surface area contributed by atoms with E-state index < -0.39 is 0 Å². The molecule has 0 aliphatic rings. The molecule has 0 radical (unpaired) electrons. The number of halogens is 1. The van der Waals surface area contributed by atoms with E-state index in [0.717, 1.165) is 23.4 Å². The van der Waals surface area contributed by atoms with Crippen LogP contribution < -0.4 is 10.1 Å². The first-order valence-corrected chi connectivity index (χ1v) is 7.52. The Morgan fingerprint density at radius 1 is 0.955 bits per heavy atom. The molecule has 2 aromatic carbocycles. The Labute approximate surface area is 131 Å². The molecule has 4 heteroatoms. The predicted molar refractivity (Wildman–Crippen MR) is 85.4 cm³/mol. The van der Waals surface area contributed by atoms with Gasteiger partial charge in [0, 0.05) is 19.7 Å². The minimum Gasteiger partial charge on any atom is -0.491 e. The van der Waals surface area contributed by atoms with E-state index in [2.05, 4.69) is 5.32 Å². The van der Waals surface area contributed by atoms with Crippen LogP contribution in [-0.4, -0.2) is 19.8 Å². The summed E-state index contributed by atoms with van der Waals surface area (Å²) in [6, 6.07) is 14.5. The summed E-state index contributed by atoms with van der Waals surface area (Å²) in [7, 11) is 0. The first-order valence-electron chi connectivity index (χ1n) is 7.52. The van der Waals surface area contributed by atoms with Gasteiger partial charge < -0.3 is 14.8 Å². The monoisotopic (exact) mass is 303 g/mol. The summed E-state index contributed by atoms with van der Waals surface area (Å²) >= 11 is 0. The largest absolute Gasteiger partial charge is 0.491 e. The smallest absolute Gasteiger partial charge is 0.123 e. The Morgan fingerprint density at radius 2 is 1.73 bits per heavy atom. The summed E-state index contributed by atoms with van der Waals surface area (Å²) in [6.07, 6.45) is 0. The number of nitrogens with one attached hydrogen (secondary N) is 1. The van der Waals surface area contributed by atoms with Gasteiger partial charge in [-0.3, -0.25) is 0 Å². The van der Waals surface area contributed by atoms with Gasteiger partial charge >= 0.3 is 0 Å². The summed E-state index contributed by atoms with van der Waals surface area (Å²) in [5, 5.41) is 3.34. The highest BCUT2D eigenvalue weighted by molar-refractivity contribution is 5.28. The van der Waals surface area contributed by atoms with Crippen LogP contribution in [0.25, 0.3) is 0 Å². The molecule has 1 N–H and O–H groups in total. The van der Waals surface area contributed by atoms with E-state index in [1.807, 2.05) is 31.2 Å². The predicted octanol–water partition coefficient (Wildman–Crippen LogP) is 3.53. The van der Waals surface area contributed by atoms with Crippen LogP contribution in [-0.2, 0) is 17.8 Å². The van der Waals surface area contributed by atoms with Crippen LogP contribution in [0.4, 0.5) is 4.39 Å². The maximum absolute atomic E-state index is 12.8. The van der Waals surface area contributed by atoms with Crippen molar-refractivity contribution in [3.8, 4) is 5.75 Å². The van der Waals surface area contributed by atoms with Gasteiger partial charge in [0.25, 0.3) is 0 Å². The van der Waals surface area contributed by atoms with Crippen molar-refractivity contribution in [2.45, 2.75) is 20.0 Å². The average Bonchev–Trinajstić information content (AvgIpc) is 2.54. The lowest BCUT2D eigenvalue weighted by molar-refractivity contribution is 0.110. The number of hydrogen-bond acceptors (Lipinski definition) is 3. The van der Waals surface area contributed by atoms with Crippen molar-refractivity contribution < 1.29 is 13.9 Å². The van der Waals surface area contributed by atoms with Gasteiger partial charge in [0.2, 0.25) is 0 Å². The molecule has 0 unspecified atom stereocenters. The number of benzene rings is 2. The summed E-state index contributed by atoms with van der Waals surface area (Å²) in [4.78, 5) is 0. The molecule has 0 fully saturated rings. The van der Waals surface area contributed by atoms with Crippen LogP contribution in [0, 0.1) is 5.82 Å². The van der Waals surface area contributed by atoms with Gasteiger partial charge in [-0.2, -0.15) is 0 Å². The minimum absolute atomic E-state index is 0.208. The second-order valence-electron chi connectivity index (χ2n) is 4.92. The van der Waals surface area contributed by atoms with Crippen molar-refractivity contribution in [1.82, 2.24) is 5.32 Å². The van der Waals surface area contributed by atoms with E-state index in [-0.39, 0.29) is 5.82 Å². The van der Waals surface area contributed by atoms with Crippen LogP contribution in [0.5, 0.6) is 5.75 Å². The van der Waals surface area contributed by atoms with E-state index in [4.69, 9.17) is 9.47 Å². The van der Waals surface area contributed by atoms with Gasteiger partial charge in [-0.25, -0.2) is 4.39 Å². The quantitative estimate of drug-likeness (QED) is 0.719. The maximum Gasteiger partial charge on any atom is 0.123 e. The third-order valence-corrected chi connectivity index (χ3v) is 3.17. The summed E-state index contributed by atoms with van der Waals surface area (Å²) in [5.41, 5.74) is 2.21. The average molecular weight is 303 g/mol. The Balaban J connectivity index is 1.76. The fourth-order valence-corrected chi connectivity index (χ4v) is 2.06. The zero-order valence-electron chi connectivity index (χ0n) is 12.8. The normalized spacial score (nSPS) is 10.6. The Kier molecular flexibility index (Phi) is 6.87. The van der Waals surface area contributed by atoms with Crippen molar-refractivity contribution in [3.63, 3.8) is 0 Å². The lowest BCUT2D eigenvalue weighted by Crippen LogP contribution is -2.13. The molecule has 0 saturated carbocycles. The van der Waals surface area contributed by atoms with E-state index in [0.29, 0.717) is 26.4 Å². The standard InChI is InChI=1S/C18H22FNO2/c1-2-21-10-11-22-18-5-3-4-16(12-18)14-20-13-15-6-8-17(19)9-7-15/h3-9,12,20H,2,10-11,13-14H2,1H3. The van der Waals surface area contributed by atoms with E-state index in [1.54, 1.807) is 12.1 Å². The second-order valence-corrected chi connectivity index (χ2v) is 4.92. The van der Waals surface area contributed by atoms with Crippen LogP contribution in [0.15, 0.2) is 48.5 Å². The first-order chi connectivity index (χ1) is 10.8. The lowest BCUT2D eigenvalue weighted by atomic mass is 10.2. The SMILES string of the molecule is CCOCCOc1cccc(CNCc2ccc(F)cc2)c1. The molecule has 0 aromatic heterocycles. The third kappa shape index (κ3) is 5.84. The van der Waals surface area contributed by atoms with Crippen LogP contribution in [0.2, 0.25) is 0 Å². The molecule has 22 heavy (non-hydrogen) atoms. The molecule has 0 saturated heterocycles. The highest BCUT2D eigenvalue weighted by atomic mass is 19.1. The molecule has 0 spiro atoms. The van der Waals surface area contributed by atoms with Crippen LogP contribution >= 0.6 is 0 Å². The van der Waals surface area contributed by atoms with Gasteiger partial charge in [-0.1, -0.05) is 24.3 Å². The van der Waals surface area contributed by atoms with E-state index in [1.165, 1.54) is 12.1 Å². The van der Waals surface area contributed by atoms with Crippen LogP contribution in [0.1, 0.15) is 18.1 Å². The zero-order chi connectivity index (χ0) is 15.6. The Bertz CT molecular complexity index is 557. The molecule has 3 nitrogen and oxygen atoms in total. The van der Waals surface area contributed by atoms with E-state index in [9.17, 15) is 4.39 Å². The van der Waals surface area contributed by atoms with Gasteiger partial charge in [0.1, 0.15) is 18.2 Å². The lowest BCUT2D eigenvalue weighted by Gasteiger charge is -2.09. The maximum atomic E-state index is 12.8. The van der Waals surface area contributed by atoms with Crippen molar-refractivity contribution in [1.29, 1.82) is 0 Å². The molecule has 118 valence electrons. The summed E-state index contributed by atoms with van der Waals surface area (Å²) < 4.78 is 23.7. The van der Waals surface area contributed by atoms with Crippen molar-refractivity contribution >= 4 is 0 Å². The molecule has 0 aliphatic heterocycles. The zero-order valence-corrected chi connectivity index (χ0v) is 12.8. The molecule has 0 atom stereocenters. The molecule has 2 rings (SSSR count). The van der Waals surface area contributed by atoms with Gasteiger partial charge in [0.15, 0.2) is 0 Å². The Morgan fingerprint density at radius 3 is 2.50 bits per heavy atom. The molecular formula is C18H22FNO2. The number of hydrogen-bond donors (Lipinski definition) is 1. The second kappa shape index (κ2) is 9.18. The highest BCUT2D eigenvalue weighted by Crippen LogP contribution is 2.13.